The first-order chi connectivity index (χ1) is 10.3. The molecular formula is C11H8N2O6S3. The monoisotopic (exact) mass is 360 g/mol. The van der Waals surface area contributed by atoms with E-state index in [0.29, 0.717) is 26.0 Å². The molecule has 11 heteroatoms. The van der Waals surface area contributed by atoms with E-state index < -0.39 is 22.4 Å². The maximum Gasteiger partial charge on any atom is 0.446 e. The van der Waals surface area contributed by atoms with Crippen molar-refractivity contribution in [1.29, 1.82) is 0 Å². The Hall–Kier alpha value is -1.69. The molecule has 1 atom stereocenters. The second-order valence-electron chi connectivity index (χ2n) is 4.26. The normalized spacial score (nSPS) is 18.4. The van der Waals surface area contributed by atoms with Crippen molar-refractivity contribution in [3.8, 4) is 5.75 Å². The first kappa shape index (κ1) is 15.2. The fraction of sp³-hybridized carbons (Fsp3) is 0.182. The molecule has 1 aromatic heterocycles. The summed E-state index contributed by atoms with van der Waals surface area (Å²) in [6, 6.07) is 3.57. The predicted molar refractivity (Wildman–Crippen MR) is 82.2 cm³/mol. The average Bonchev–Trinajstić information content (AvgIpc) is 3.02. The van der Waals surface area contributed by atoms with E-state index in [-0.39, 0.29) is 5.75 Å². The molecule has 1 aromatic carbocycles. The van der Waals surface area contributed by atoms with Gasteiger partial charge in [-0.05, 0) is 12.1 Å². The molecule has 2 heterocycles. The Balaban J connectivity index is 1.94. The van der Waals surface area contributed by atoms with Crippen molar-refractivity contribution in [1.82, 2.24) is 4.98 Å². The number of fused-ring (bicyclic) bond motifs is 1. The van der Waals surface area contributed by atoms with Crippen LogP contribution in [0.3, 0.4) is 0 Å². The number of hydrogen-bond acceptors (Lipinski definition) is 8. The Kier molecular flexibility index (Phi) is 3.80. The largest absolute Gasteiger partial charge is 0.480 e. The Bertz CT molecular complexity index is 888. The molecule has 22 heavy (non-hydrogen) atoms. The SMILES string of the molecule is O=C(O)[C@@H]1CSC(c2nc3ccc(OS(=O)(=O)O)cc3s2)=N1. The number of carboxylic acid groups (broad SMARTS) is 1. The smallest absolute Gasteiger partial charge is 0.446 e. The number of thiazole rings is 1. The zero-order valence-corrected chi connectivity index (χ0v) is 13.1. The van der Waals surface area contributed by atoms with Crippen LogP contribution >= 0.6 is 23.1 Å². The van der Waals surface area contributed by atoms with Gasteiger partial charge in [0.25, 0.3) is 0 Å². The second kappa shape index (κ2) is 5.50. The Labute approximate surface area is 132 Å². The summed E-state index contributed by atoms with van der Waals surface area (Å²) in [5, 5.41) is 10.0. The van der Waals surface area contributed by atoms with Gasteiger partial charge in [0, 0.05) is 11.8 Å². The van der Waals surface area contributed by atoms with Crippen LogP contribution in [0, 0.1) is 0 Å². The number of aliphatic imine (C=N–C) groups is 1. The molecule has 8 nitrogen and oxygen atoms in total. The molecule has 0 radical (unpaired) electrons. The number of carboxylic acids is 1. The van der Waals surface area contributed by atoms with Gasteiger partial charge in [-0.1, -0.05) is 0 Å². The highest BCUT2D eigenvalue weighted by atomic mass is 32.3. The van der Waals surface area contributed by atoms with Crippen molar-refractivity contribution in [3.05, 3.63) is 23.2 Å². The highest BCUT2D eigenvalue weighted by molar-refractivity contribution is 8.15. The molecule has 0 saturated carbocycles. The lowest BCUT2D eigenvalue weighted by molar-refractivity contribution is -0.137. The van der Waals surface area contributed by atoms with Gasteiger partial charge < -0.3 is 9.29 Å². The highest BCUT2D eigenvalue weighted by Crippen LogP contribution is 2.31. The van der Waals surface area contributed by atoms with Gasteiger partial charge in [-0.3, -0.25) is 9.55 Å². The lowest BCUT2D eigenvalue weighted by Gasteiger charge is -1.99. The summed E-state index contributed by atoms with van der Waals surface area (Å²) in [6.45, 7) is 0. The van der Waals surface area contributed by atoms with Crippen molar-refractivity contribution in [2.45, 2.75) is 6.04 Å². The summed E-state index contributed by atoms with van der Waals surface area (Å²) < 4.78 is 35.1. The standard InChI is InChI=1S/C11H8N2O6S3/c14-11(15)7-4-20-9(13-7)10-12-6-2-1-5(3-8(6)21-10)19-22(16,17)18/h1-3,7H,4H2,(H,14,15)(H,16,17,18)/t7-/m0/s1. The summed E-state index contributed by atoms with van der Waals surface area (Å²) in [5.74, 6) is -0.653. The number of aromatic nitrogens is 1. The molecule has 0 spiro atoms. The lowest BCUT2D eigenvalue weighted by atomic mass is 10.3. The van der Waals surface area contributed by atoms with Crippen LogP contribution in [0.15, 0.2) is 23.2 Å². The van der Waals surface area contributed by atoms with E-state index in [0.717, 1.165) is 0 Å². The Morgan fingerprint density at radius 2 is 2.18 bits per heavy atom. The first-order valence-electron chi connectivity index (χ1n) is 5.83. The van der Waals surface area contributed by atoms with Crippen LogP contribution in [0.1, 0.15) is 5.01 Å². The fourth-order valence-electron chi connectivity index (χ4n) is 1.79. The molecule has 116 valence electrons. The van der Waals surface area contributed by atoms with E-state index in [1.807, 2.05) is 0 Å². The van der Waals surface area contributed by atoms with Crippen molar-refractivity contribution in [3.63, 3.8) is 0 Å². The molecule has 0 bridgehead atoms. The van der Waals surface area contributed by atoms with E-state index in [1.54, 1.807) is 6.07 Å². The Morgan fingerprint density at radius 3 is 2.82 bits per heavy atom. The predicted octanol–water partition coefficient (Wildman–Crippen LogP) is 1.42. The van der Waals surface area contributed by atoms with Gasteiger partial charge >= 0.3 is 16.4 Å². The van der Waals surface area contributed by atoms with Gasteiger partial charge in [0.05, 0.1) is 10.2 Å². The van der Waals surface area contributed by atoms with Crippen LogP contribution in [0.25, 0.3) is 10.2 Å². The topological polar surface area (TPSA) is 126 Å². The van der Waals surface area contributed by atoms with Gasteiger partial charge in [0.2, 0.25) is 0 Å². The van der Waals surface area contributed by atoms with E-state index in [1.165, 1.54) is 35.2 Å². The van der Waals surface area contributed by atoms with E-state index in [4.69, 9.17) is 9.66 Å². The molecule has 0 saturated heterocycles. The average molecular weight is 360 g/mol. The lowest BCUT2D eigenvalue weighted by Crippen LogP contribution is -2.17. The minimum Gasteiger partial charge on any atom is -0.480 e. The van der Waals surface area contributed by atoms with Crippen LogP contribution < -0.4 is 4.18 Å². The molecule has 1 aliphatic heterocycles. The third-order valence-electron chi connectivity index (χ3n) is 2.68. The van der Waals surface area contributed by atoms with Crippen molar-refractivity contribution in [2.24, 2.45) is 4.99 Å². The molecule has 0 aliphatic carbocycles. The maximum atomic E-state index is 10.9. The van der Waals surface area contributed by atoms with Crippen molar-refractivity contribution < 1.29 is 27.1 Å². The summed E-state index contributed by atoms with van der Waals surface area (Å²) >= 11 is 2.55. The van der Waals surface area contributed by atoms with Gasteiger partial charge in [-0.2, -0.15) is 8.42 Å². The molecule has 1 aliphatic rings. The fourth-order valence-corrected chi connectivity index (χ4v) is 4.23. The maximum absolute atomic E-state index is 10.9. The van der Waals surface area contributed by atoms with Gasteiger partial charge in [-0.15, -0.1) is 23.1 Å². The third kappa shape index (κ3) is 3.21. The summed E-state index contributed by atoms with van der Waals surface area (Å²) in [5.41, 5.74) is 0.602. The third-order valence-corrected chi connectivity index (χ3v) is 5.29. The number of aliphatic carboxylic acids is 1. The number of rotatable bonds is 4. The number of hydrogen-bond donors (Lipinski definition) is 2. The molecule has 0 amide bonds. The molecule has 2 aromatic rings. The van der Waals surface area contributed by atoms with Crippen LogP contribution in [0.5, 0.6) is 5.75 Å². The zero-order valence-electron chi connectivity index (χ0n) is 10.7. The van der Waals surface area contributed by atoms with Crippen molar-refractivity contribution in [2.75, 3.05) is 5.75 Å². The molecule has 3 rings (SSSR count). The molecule has 0 fully saturated rings. The molecule has 0 unspecified atom stereocenters. The number of carbonyl (C=O) groups is 1. The number of nitrogens with zero attached hydrogens (tertiary/aromatic N) is 2. The van der Waals surface area contributed by atoms with Gasteiger partial charge in [-0.25, -0.2) is 9.78 Å². The zero-order chi connectivity index (χ0) is 15.9. The number of thioether (sulfide) groups is 1. The van der Waals surface area contributed by atoms with E-state index in [2.05, 4.69) is 14.2 Å². The minimum absolute atomic E-state index is 0.0328. The highest BCUT2D eigenvalue weighted by Gasteiger charge is 2.26. The van der Waals surface area contributed by atoms with E-state index >= 15 is 0 Å². The summed E-state index contributed by atoms with van der Waals surface area (Å²) in [7, 11) is -4.58. The minimum atomic E-state index is -4.58. The quantitative estimate of drug-likeness (QED) is 0.784. The van der Waals surface area contributed by atoms with E-state index in [9.17, 15) is 13.2 Å². The second-order valence-corrected chi connectivity index (χ2v) is 7.32. The number of benzene rings is 1. The van der Waals surface area contributed by atoms with Crippen LogP contribution in [0.2, 0.25) is 0 Å². The van der Waals surface area contributed by atoms with Gasteiger partial charge in [0.15, 0.2) is 6.04 Å². The van der Waals surface area contributed by atoms with Crippen molar-refractivity contribution >= 4 is 54.7 Å². The van der Waals surface area contributed by atoms with Crippen LogP contribution in [0.4, 0.5) is 0 Å². The van der Waals surface area contributed by atoms with Crippen LogP contribution in [-0.2, 0) is 15.2 Å². The van der Waals surface area contributed by atoms with Gasteiger partial charge in [0.1, 0.15) is 15.8 Å². The molecular weight excluding hydrogens is 352 g/mol. The summed E-state index contributed by atoms with van der Waals surface area (Å²) in [4.78, 5) is 19.3. The first-order valence-corrected chi connectivity index (χ1v) is 9.00. The van der Waals surface area contributed by atoms with Crippen LogP contribution in [-0.4, -0.2) is 45.9 Å². The Morgan fingerprint density at radius 1 is 1.41 bits per heavy atom. The molecule has 2 N–H and O–H groups in total. The summed E-state index contributed by atoms with van der Waals surface area (Å²) in [6.07, 6.45) is 0.